The molecule has 1 atom stereocenters. The third-order valence-electron chi connectivity index (χ3n) is 5.66. The van der Waals surface area contributed by atoms with Gasteiger partial charge in [-0.2, -0.15) is 11.3 Å². The van der Waals surface area contributed by atoms with Crippen molar-refractivity contribution in [2.45, 2.75) is 37.9 Å². The van der Waals surface area contributed by atoms with Crippen LogP contribution in [0.15, 0.2) is 41.1 Å². The van der Waals surface area contributed by atoms with Crippen LogP contribution in [0.1, 0.15) is 23.1 Å². The molecule has 1 aromatic heterocycles. The standard InChI is InChI=1S/C21H25N3O2S/c1-23(13-15-6-9-27-14-15)20(25)12-19-21(26)22-7-8-24(19)18-10-16-4-2-3-5-17(16)11-18/h2-6,9,14,18-19H,7-8,10-13H2,1H3,(H,22,26)/t19-/m1/s1. The van der Waals surface area contributed by atoms with Crippen LogP contribution in [0, 0.1) is 0 Å². The van der Waals surface area contributed by atoms with E-state index in [1.54, 1.807) is 16.2 Å². The average molecular weight is 384 g/mol. The summed E-state index contributed by atoms with van der Waals surface area (Å²) in [6.45, 7) is 2.04. The number of benzene rings is 1. The molecular weight excluding hydrogens is 358 g/mol. The molecule has 2 aromatic rings. The van der Waals surface area contributed by atoms with E-state index in [4.69, 9.17) is 0 Å². The highest BCUT2D eigenvalue weighted by molar-refractivity contribution is 7.07. The maximum absolute atomic E-state index is 12.8. The van der Waals surface area contributed by atoms with Crippen LogP contribution in [0.2, 0.25) is 0 Å². The molecule has 5 nitrogen and oxygen atoms in total. The van der Waals surface area contributed by atoms with E-state index in [-0.39, 0.29) is 24.3 Å². The summed E-state index contributed by atoms with van der Waals surface area (Å²) in [5.74, 6) is -0.00162. The van der Waals surface area contributed by atoms with Crippen molar-refractivity contribution in [3.8, 4) is 0 Å². The Bertz CT molecular complexity index is 796. The van der Waals surface area contributed by atoms with Gasteiger partial charge >= 0.3 is 0 Å². The molecule has 1 aliphatic heterocycles. The number of rotatable bonds is 5. The lowest BCUT2D eigenvalue weighted by Gasteiger charge is -2.39. The van der Waals surface area contributed by atoms with Gasteiger partial charge in [0.25, 0.3) is 0 Å². The third-order valence-corrected chi connectivity index (χ3v) is 6.40. The lowest BCUT2D eigenvalue weighted by molar-refractivity contribution is -0.139. The number of nitrogens with zero attached hydrogens (tertiary/aromatic N) is 2. The number of amides is 2. The first kappa shape index (κ1) is 18.2. The average Bonchev–Trinajstić information content (AvgIpc) is 3.32. The number of hydrogen-bond acceptors (Lipinski definition) is 4. The van der Waals surface area contributed by atoms with E-state index in [2.05, 4.69) is 39.9 Å². The van der Waals surface area contributed by atoms with Crippen LogP contribution in [0.25, 0.3) is 0 Å². The first-order chi connectivity index (χ1) is 13.1. The van der Waals surface area contributed by atoms with E-state index in [0.717, 1.165) is 24.9 Å². The van der Waals surface area contributed by atoms with Crippen LogP contribution >= 0.6 is 11.3 Å². The lowest BCUT2D eigenvalue weighted by Crippen LogP contribution is -2.59. The normalized spacial score (nSPS) is 20.3. The van der Waals surface area contributed by atoms with E-state index in [9.17, 15) is 9.59 Å². The Kier molecular flexibility index (Phi) is 5.27. The molecule has 6 heteroatoms. The predicted octanol–water partition coefficient (Wildman–Crippen LogP) is 2.06. The molecule has 2 aliphatic rings. The minimum atomic E-state index is -0.379. The molecular formula is C21H25N3O2S. The maximum atomic E-state index is 12.8. The van der Waals surface area contributed by atoms with Crippen LogP contribution < -0.4 is 5.32 Å². The van der Waals surface area contributed by atoms with Crippen LogP contribution in [-0.2, 0) is 29.0 Å². The van der Waals surface area contributed by atoms with Gasteiger partial charge < -0.3 is 10.2 Å². The van der Waals surface area contributed by atoms with E-state index in [1.165, 1.54) is 11.1 Å². The SMILES string of the molecule is CN(Cc1ccsc1)C(=O)C[C@@H]1C(=O)NCCN1C1Cc2ccccc2C1. The van der Waals surface area contributed by atoms with Crippen molar-refractivity contribution in [1.82, 2.24) is 15.1 Å². The summed E-state index contributed by atoms with van der Waals surface area (Å²) >= 11 is 1.63. The third kappa shape index (κ3) is 3.92. The van der Waals surface area contributed by atoms with Crippen LogP contribution in [0.4, 0.5) is 0 Å². The van der Waals surface area contributed by atoms with Gasteiger partial charge in [0.15, 0.2) is 0 Å². The number of piperazine rings is 1. The number of carbonyl (C=O) groups is 2. The number of hydrogen-bond donors (Lipinski definition) is 1. The molecule has 1 aromatic carbocycles. The van der Waals surface area contributed by atoms with Crippen molar-refractivity contribution >= 4 is 23.2 Å². The molecule has 2 amide bonds. The van der Waals surface area contributed by atoms with Crippen LogP contribution in [0.3, 0.4) is 0 Å². The van der Waals surface area contributed by atoms with Gasteiger partial charge in [0.2, 0.25) is 11.8 Å². The summed E-state index contributed by atoms with van der Waals surface area (Å²) in [4.78, 5) is 29.4. The molecule has 0 radical (unpaired) electrons. The zero-order chi connectivity index (χ0) is 18.8. The Hall–Kier alpha value is -2.18. The van der Waals surface area contributed by atoms with Crippen molar-refractivity contribution in [3.63, 3.8) is 0 Å². The molecule has 1 saturated heterocycles. The van der Waals surface area contributed by atoms with Gasteiger partial charge in [-0.05, 0) is 46.4 Å². The molecule has 0 saturated carbocycles. The highest BCUT2D eigenvalue weighted by atomic mass is 32.1. The predicted molar refractivity (Wildman–Crippen MR) is 107 cm³/mol. The fourth-order valence-electron chi connectivity index (χ4n) is 4.22. The summed E-state index contributed by atoms with van der Waals surface area (Å²) < 4.78 is 0. The molecule has 0 bridgehead atoms. The van der Waals surface area contributed by atoms with E-state index < -0.39 is 0 Å². The zero-order valence-electron chi connectivity index (χ0n) is 15.6. The second-order valence-corrected chi connectivity index (χ2v) is 8.24. The van der Waals surface area contributed by atoms with Crippen molar-refractivity contribution < 1.29 is 9.59 Å². The first-order valence-corrected chi connectivity index (χ1v) is 10.4. The molecule has 0 unspecified atom stereocenters. The Morgan fingerprint density at radius 2 is 2.00 bits per heavy atom. The number of fused-ring (bicyclic) bond motifs is 1. The van der Waals surface area contributed by atoms with E-state index in [0.29, 0.717) is 19.1 Å². The molecule has 142 valence electrons. The summed E-state index contributed by atoms with van der Waals surface area (Å²) in [5, 5.41) is 7.02. The summed E-state index contributed by atoms with van der Waals surface area (Å²) in [6.07, 6.45) is 2.15. The number of thiophene rings is 1. The molecule has 2 heterocycles. The second-order valence-electron chi connectivity index (χ2n) is 7.46. The molecule has 27 heavy (non-hydrogen) atoms. The molecule has 1 fully saturated rings. The highest BCUT2D eigenvalue weighted by Crippen LogP contribution is 2.28. The van der Waals surface area contributed by atoms with Gasteiger partial charge in [-0.1, -0.05) is 24.3 Å². The summed E-state index contributed by atoms with van der Waals surface area (Å²) in [5.41, 5.74) is 3.87. The van der Waals surface area contributed by atoms with Crippen molar-refractivity contribution in [2.24, 2.45) is 0 Å². The zero-order valence-corrected chi connectivity index (χ0v) is 16.4. The van der Waals surface area contributed by atoms with E-state index >= 15 is 0 Å². The van der Waals surface area contributed by atoms with Gasteiger partial charge in [0.05, 0.1) is 12.5 Å². The van der Waals surface area contributed by atoms with Crippen molar-refractivity contribution in [3.05, 3.63) is 57.8 Å². The van der Waals surface area contributed by atoms with Gasteiger partial charge in [-0.3, -0.25) is 14.5 Å². The minimum absolute atomic E-state index is 0.0174. The van der Waals surface area contributed by atoms with Crippen molar-refractivity contribution in [1.29, 1.82) is 0 Å². The fraction of sp³-hybridized carbons (Fsp3) is 0.429. The van der Waals surface area contributed by atoms with E-state index in [1.807, 2.05) is 18.5 Å². The van der Waals surface area contributed by atoms with Gasteiger partial charge in [-0.25, -0.2) is 0 Å². The van der Waals surface area contributed by atoms with Crippen molar-refractivity contribution in [2.75, 3.05) is 20.1 Å². The Morgan fingerprint density at radius 3 is 2.67 bits per heavy atom. The quantitative estimate of drug-likeness (QED) is 0.860. The first-order valence-electron chi connectivity index (χ1n) is 9.47. The Labute approximate surface area is 164 Å². The molecule has 0 spiro atoms. The maximum Gasteiger partial charge on any atom is 0.237 e. The molecule has 1 aliphatic carbocycles. The highest BCUT2D eigenvalue weighted by Gasteiger charge is 2.38. The Balaban J connectivity index is 1.44. The fourth-order valence-corrected chi connectivity index (χ4v) is 4.88. The monoisotopic (exact) mass is 383 g/mol. The largest absolute Gasteiger partial charge is 0.353 e. The summed E-state index contributed by atoms with van der Waals surface area (Å²) in [7, 11) is 1.82. The van der Waals surface area contributed by atoms with Crippen LogP contribution in [-0.4, -0.2) is 53.8 Å². The Morgan fingerprint density at radius 1 is 1.26 bits per heavy atom. The van der Waals surface area contributed by atoms with Crippen LogP contribution in [0.5, 0.6) is 0 Å². The topological polar surface area (TPSA) is 52.7 Å². The van der Waals surface area contributed by atoms with Gasteiger partial charge in [0.1, 0.15) is 0 Å². The smallest absolute Gasteiger partial charge is 0.237 e. The molecule has 4 rings (SSSR count). The lowest BCUT2D eigenvalue weighted by atomic mass is 10.0. The second kappa shape index (κ2) is 7.82. The minimum Gasteiger partial charge on any atom is -0.353 e. The van der Waals surface area contributed by atoms with Gasteiger partial charge in [0, 0.05) is 32.7 Å². The number of carbonyl (C=O) groups excluding carboxylic acids is 2. The summed E-state index contributed by atoms with van der Waals surface area (Å²) in [6, 6.07) is 10.4. The molecule has 1 N–H and O–H groups in total. The number of nitrogens with one attached hydrogen (secondary N) is 1. The van der Waals surface area contributed by atoms with Gasteiger partial charge in [-0.15, -0.1) is 0 Å².